The third-order valence-electron chi connectivity index (χ3n) is 1.52. The van der Waals surface area contributed by atoms with Gasteiger partial charge in [-0.2, -0.15) is 5.10 Å². The summed E-state index contributed by atoms with van der Waals surface area (Å²) < 4.78 is 0. The van der Waals surface area contributed by atoms with Gasteiger partial charge in [0.2, 0.25) is 0 Å². The molecule has 0 fully saturated rings. The minimum Gasteiger partial charge on any atom is -0.477 e. The molecule has 2 aromatic heterocycles. The van der Waals surface area contributed by atoms with Gasteiger partial charge in [0, 0.05) is 5.39 Å². The Bertz CT molecular complexity index is 435. The maximum atomic E-state index is 10.5. The maximum absolute atomic E-state index is 10.5. The molecule has 0 aliphatic heterocycles. The number of hydrogen-bond acceptors (Lipinski definition) is 3. The Morgan fingerprint density at radius 3 is 3.08 bits per heavy atom. The number of aromatic nitrogens is 3. The van der Waals surface area contributed by atoms with E-state index in [0.29, 0.717) is 5.65 Å². The summed E-state index contributed by atoms with van der Waals surface area (Å²) in [5.41, 5.74) is 0.515. The highest BCUT2D eigenvalue weighted by molar-refractivity contribution is 5.88. The Labute approximate surface area is 67.1 Å². The quantitative estimate of drug-likeness (QED) is 0.647. The summed E-state index contributed by atoms with van der Waals surface area (Å²) >= 11 is 0. The number of aromatic amines is 1. The third kappa shape index (κ3) is 0.914. The molecule has 0 unspecified atom stereocenters. The van der Waals surface area contributed by atoms with E-state index in [0.717, 1.165) is 5.39 Å². The molecule has 0 bridgehead atoms. The highest BCUT2D eigenvalue weighted by Crippen LogP contribution is 2.07. The van der Waals surface area contributed by atoms with Crippen LogP contribution in [-0.4, -0.2) is 26.3 Å². The number of nitrogens with zero attached hydrogens (tertiary/aromatic N) is 2. The van der Waals surface area contributed by atoms with E-state index in [1.165, 1.54) is 6.07 Å². The monoisotopic (exact) mass is 163 g/mol. The standard InChI is InChI=1S/C7H5N3O2/c11-7(12)5-2-1-4-3-8-10-6(4)9-5/h1-3H,(H,11,12)(H,8,9,10). The smallest absolute Gasteiger partial charge is 0.354 e. The summed E-state index contributed by atoms with van der Waals surface area (Å²) in [6.07, 6.45) is 1.59. The zero-order valence-corrected chi connectivity index (χ0v) is 5.98. The van der Waals surface area contributed by atoms with Crippen molar-refractivity contribution in [2.24, 2.45) is 0 Å². The van der Waals surface area contributed by atoms with E-state index in [1.807, 2.05) is 0 Å². The average Bonchev–Trinajstić information content (AvgIpc) is 2.49. The van der Waals surface area contributed by atoms with Crippen LogP contribution < -0.4 is 0 Å². The molecule has 2 aromatic rings. The zero-order valence-electron chi connectivity index (χ0n) is 5.98. The van der Waals surface area contributed by atoms with Crippen molar-refractivity contribution in [1.82, 2.24) is 15.2 Å². The van der Waals surface area contributed by atoms with Crippen molar-refractivity contribution in [2.75, 3.05) is 0 Å². The summed E-state index contributed by atoms with van der Waals surface area (Å²) in [5.74, 6) is -1.04. The van der Waals surface area contributed by atoms with E-state index in [2.05, 4.69) is 15.2 Å². The van der Waals surface area contributed by atoms with Crippen molar-refractivity contribution in [1.29, 1.82) is 0 Å². The van der Waals surface area contributed by atoms with Gasteiger partial charge in [-0.25, -0.2) is 9.78 Å². The predicted molar refractivity (Wildman–Crippen MR) is 40.8 cm³/mol. The van der Waals surface area contributed by atoms with Crippen LogP contribution in [0.5, 0.6) is 0 Å². The molecule has 0 aromatic carbocycles. The first kappa shape index (κ1) is 6.78. The normalized spacial score (nSPS) is 10.3. The number of carboxylic acid groups (broad SMARTS) is 1. The maximum Gasteiger partial charge on any atom is 0.354 e. The van der Waals surface area contributed by atoms with Crippen molar-refractivity contribution in [3.05, 3.63) is 24.0 Å². The minimum absolute atomic E-state index is 0.0201. The van der Waals surface area contributed by atoms with E-state index >= 15 is 0 Å². The molecule has 0 atom stereocenters. The van der Waals surface area contributed by atoms with E-state index in [-0.39, 0.29) is 5.69 Å². The van der Waals surface area contributed by atoms with Crippen LogP contribution >= 0.6 is 0 Å². The number of carboxylic acids is 1. The molecule has 2 heterocycles. The largest absolute Gasteiger partial charge is 0.477 e. The van der Waals surface area contributed by atoms with E-state index < -0.39 is 5.97 Å². The van der Waals surface area contributed by atoms with Crippen LogP contribution in [0, 0.1) is 0 Å². The predicted octanol–water partition coefficient (Wildman–Crippen LogP) is 0.656. The lowest BCUT2D eigenvalue weighted by molar-refractivity contribution is 0.0691. The third-order valence-corrected chi connectivity index (χ3v) is 1.52. The van der Waals surface area contributed by atoms with E-state index in [4.69, 9.17) is 5.11 Å². The molecule has 0 aliphatic rings. The highest BCUT2D eigenvalue weighted by atomic mass is 16.4. The van der Waals surface area contributed by atoms with Gasteiger partial charge in [0.15, 0.2) is 11.3 Å². The number of pyridine rings is 1. The lowest BCUT2D eigenvalue weighted by Gasteiger charge is -1.91. The van der Waals surface area contributed by atoms with Crippen LogP contribution in [0.25, 0.3) is 11.0 Å². The molecule has 2 rings (SSSR count). The summed E-state index contributed by atoms with van der Waals surface area (Å²) in [4.78, 5) is 14.3. The molecule has 0 spiro atoms. The van der Waals surface area contributed by atoms with Gasteiger partial charge in [-0.3, -0.25) is 5.10 Å². The van der Waals surface area contributed by atoms with Crippen molar-refractivity contribution >= 4 is 17.0 Å². The SMILES string of the molecule is O=C(O)c1ccc2cn[nH]c2n1. The van der Waals surface area contributed by atoms with Crippen molar-refractivity contribution in [3.63, 3.8) is 0 Å². The van der Waals surface area contributed by atoms with Gasteiger partial charge in [-0.05, 0) is 12.1 Å². The second-order valence-electron chi connectivity index (χ2n) is 2.31. The second kappa shape index (κ2) is 2.30. The van der Waals surface area contributed by atoms with Crippen LogP contribution in [0.15, 0.2) is 18.3 Å². The Kier molecular flexibility index (Phi) is 1.30. The summed E-state index contributed by atoms with van der Waals surface area (Å²) in [5, 5.41) is 15.7. The molecule has 2 N–H and O–H groups in total. The lowest BCUT2D eigenvalue weighted by atomic mass is 10.3. The molecule has 0 saturated carbocycles. The lowest BCUT2D eigenvalue weighted by Crippen LogP contribution is -1.99. The fraction of sp³-hybridized carbons (Fsp3) is 0. The Morgan fingerprint density at radius 1 is 1.50 bits per heavy atom. The first-order chi connectivity index (χ1) is 5.77. The van der Waals surface area contributed by atoms with Gasteiger partial charge in [0.1, 0.15) is 0 Å². The van der Waals surface area contributed by atoms with Crippen LogP contribution in [0.4, 0.5) is 0 Å². The van der Waals surface area contributed by atoms with Crippen LogP contribution in [0.3, 0.4) is 0 Å². The molecule has 0 amide bonds. The first-order valence-electron chi connectivity index (χ1n) is 3.31. The molecular formula is C7H5N3O2. The van der Waals surface area contributed by atoms with Crippen LogP contribution in [0.2, 0.25) is 0 Å². The number of hydrogen-bond donors (Lipinski definition) is 2. The van der Waals surface area contributed by atoms with Gasteiger partial charge in [-0.1, -0.05) is 0 Å². The van der Waals surface area contributed by atoms with Gasteiger partial charge in [0.05, 0.1) is 6.20 Å². The van der Waals surface area contributed by atoms with Gasteiger partial charge < -0.3 is 5.11 Å². The Hall–Kier alpha value is -1.91. The fourth-order valence-corrected chi connectivity index (χ4v) is 0.946. The molecule has 5 nitrogen and oxygen atoms in total. The first-order valence-corrected chi connectivity index (χ1v) is 3.31. The Balaban J connectivity index is 2.68. The average molecular weight is 163 g/mol. The van der Waals surface area contributed by atoms with Gasteiger partial charge in [0.25, 0.3) is 0 Å². The Morgan fingerprint density at radius 2 is 2.33 bits per heavy atom. The molecule has 12 heavy (non-hydrogen) atoms. The van der Waals surface area contributed by atoms with Crippen LogP contribution in [-0.2, 0) is 0 Å². The van der Waals surface area contributed by atoms with E-state index in [1.54, 1.807) is 12.3 Å². The van der Waals surface area contributed by atoms with Crippen molar-refractivity contribution in [2.45, 2.75) is 0 Å². The highest BCUT2D eigenvalue weighted by Gasteiger charge is 2.05. The molecule has 0 aliphatic carbocycles. The fourth-order valence-electron chi connectivity index (χ4n) is 0.946. The molecule has 60 valence electrons. The summed E-state index contributed by atoms with van der Waals surface area (Å²) in [6, 6.07) is 3.11. The number of fused-ring (bicyclic) bond motifs is 1. The number of H-pyrrole nitrogens is 1. The molecular weight excluding hydrogens is 158 g/mol. The zero-order chi connectivity index (χ0) is 8.55. The molecule has 5 heteroatoms. The number of carbonyl (C=O) groups is 1. The minimum atomic E-state index is -1.04. The topological polar surface area (TPSA) is 78.9 Å². The second-order valence-corrected chi connectivity index (χ2v) is 2.31. The summed E-state index contributed by atoms with van der Waals surface area (Å²) in [6.45, 7) is 0. The molecule has 0 radical (unpaired) electrons. The van der Waals surface area contributed by atoms with Crippen molar-refractivity contribution < 1.29 is 9.90 Å². The number of rotatable bonds is 1. The number of aromatic carboxylic acids is 1. The van der Waals surface area contributed by atoms with E-state index in [9.17, 15) is 4.79 Å². The van der Waals surface area contributed by atoms with Gasteiger partial charge in [-0.15, -0.1) is 0 Å². The van der Waals surface area contributed by atoms with Crippen LogP contribution in [0.1, 0.15) is 10.5 Å². The number of nitrogens with one attached hydrogen (secondary N) is 1. The molecule has 0 saturated heterocycles. The van der Waals surface area contributed by atoms with Crippen molar-refractivity contribution in [3.8, 4) is 0 Å². The van der Waals surface area contributed by atoms with Gasteiger partial charge >= 0.3 is 5.97 Å². The summed E-state index contributed by atoms with van der Waals surface area (Å²) in [7, 11) is 0.